The van der Waals surface area contributed by atoms with Gasteiger partial charge in [-0.15, -0.1) is 0 Å². The Hall–Kier alpha value is -0.600. The fourth-order valence-electron chi connectivity index (χ4n) is 4.33. The zero-order chi connectivity index (χ0) is 25.4. The Balaban J connectivity index is 1.64. The standard InChI is InChI=1S/C19H37N3O12/c1-6-7(3-23)31-18(10(20)12(6)25)32-9-5-30-17(11(21)13(9)26)33-15-8(4-24)34-19(28,29-2)16(22)14(15)27/h6-18,23-28H,3-5,20-22H2,1-2H3/t6-,7?,8?,9+,10?,11?,12+,13?,14+,15-,16?,17-,18-,19-/m0/s1. The van der Waals surface area contributed by atoms with Gasteiger partial charge < -0.3 is 76.3 Å². The number of hydrogen-bond donors (Lipinski definition) is 9. The van der Waals surface area contributed by atoms with E-state index in [9.17, 15) is 30.6 Å². The maximum atomic E-state index is 10.7. The molecule has 0 aliphatic carbocycles. The number of ether oxygens (including phenoxy) is 6. The molecule has 0 bridgehead atoms. The Kier molecular flexibility index (Phi) is 9.22. The molecule has 6 unspecified atom stereocenters. The second-order valence-corrected chi connectivity index (χ2v) is 8.89. The summed E-state index contributed by atoms with van der Waals surface area (Å²) in [5.74, 6) is -2.79. The Morgan fingerprint density at radius 1 is 0.912 bits per heavy atom. The molecule has 14 atom stereocenters. The van der Waals surface area contributed by atoms with Crippen molar-refractivity contribution in [3.05, 3.63) is 0 Å². The fraction of sp³-hybridized carbons (Fsp3) is 1.00. The van der Waals surface area contributed by atoms with E-state index < -0.39 is 91.9 Å². The van der Waals surface area contributed by atoms with Crippen LogP contribution < -0.4 is 17.2 Å². The Morgan fingerprint density at radius 2 is 1.53 bits per heavy atom. The van der Waals surface area contributed by atoms with Gasteiger partial charge in [-0.05, 0) is 0 Å². The SMILES string of the molecule is CO[C@]1(O)OC(CO)[C@H](O[C@@H]2OC[C@@H](O[C@@H]3OC(CO)[C@H](C)[C@@H](O)C3N)C(O)C2N)[C@@H](O)C1N. The van der Waals surface area contributed by atoms with E-state index in [1.54, 1.807) is 6.92 Å². The molecule has 15 heteroatoms. The molecule has 0 aromatic carbocycles. The van der Waals surface area contributed by atoms with Gasteiger partial charge in [-0.25, -0.2) is 0 Å². The third-order valence-corrected chi connectivity index (χ3v) is 6.72. The van der Waals surface area contributed by atoms with Crippen LogP contribution in [0.4, 0.5) is 0 Å². The molecule has 3 rings (SSSR count). The highest BCUT2D eigenvalue weighted by atomic mass is 16.8. The van der Waals surface area contributed by atoms with Crippen molar-refractivity contribution >= 4 is 0 Å². The van der Waals surface area contributed by atoms with Crippen molar-refractivity contribution in [2.24, 2.45) is 23.1 Å². The van der Waals surface area contributed by atoms with Crippen molar-refractivity contribution in [1.29, 1.82) is 0 Å². The van der Waals surface area contributed by atoms with E-state index in [0.717, 1.165) is 7.11 Å². The van der Waals surface area contributed by atoms with Gasteiger partial charge in [0.05, 0.1) is 44.1 Å². The highest BCUT2D eigenvalue weighted by molar-refractivity contribution is 4.98. The predicted molar refractivity (Wildman–Crippen MR) is 110 cm³/mol. The Bertz CT molecular complexity index is 662. The first-order chi connectivity index (χ1) is 16.0. The largest absolute Gasteiger partial charge is 0.394 e. The third-order valence-electron chi connectivity index (χ3n) is 6.72. The summed E-state index contributed by atoms with van der Waals surface area (Å²) in [7, 11) is 1.11. The lowest BCUT2D eigenvalue weighted by atomic mass is 9.90. The number of aliphatic hydroxyl groups excluding tert-OH is 5. The average Bonchev–Trinajstić information content (AvgIpc) is 2.83. The van der Waals surface area contributed by atoms with Gasteiger partial charge in [-0.2, -0.15) is 0 Å². The van der Waals surface area contributed by atoms with Gasteiger partial charge in [-0.3, -0.25) is 0 Å². The number of methoxy groups -OCH3 is 1. The Morgan fingerprint density at radius 3 is 2.12 bits per heavy atom. The predicted octanol–water partition coefficient (Wildman–Crippen LogP) is -5.79. The highest BCUT2D eigenvalue weighted by Crippen LogP contribution is 2.32. The van der Waals surface area contributed by atoms with Crippen LogP contribution in [0, 0.1) is 5.92 Å². The minimum atomic E-state index is -2.35. The van der Waals surface area contributed by atoms with E-state index in [1.165, 1.54) is 0 Å². The smallest absolute Gasteiger partial charge is 0.299 e. The summed E-state index contributed by atoms with van der Waals surface area (Å²) in [6.45, 7) is 0.422. The second-order valence-electron chi connectivity index (χ2n) is 8.89. The number of nitrogens with two attached hydrogens (primary N) is 3. The fourth-order valence-corrected chi connectivity index (χ4v) is 4.33. The molecule has 3 saturated heterocycles. The number of rotatable bonds is 7. The minimum absolute atomic E-state index is 0.233. The first-order valence-corrected chi connectivity index (χ1v) is 11.0. The molecule has 0 aromatic heterocycles. The summed E-state index contributed by atoms with van der Waals surface area (Å²) in [4.78, 5) is 0. The maximum absolute atomic E-state index is 10.7. The van der Waals surface area contributed by atoms with E-state index in [1.807, 2.05) is 0 Å². The van der Waals surface area contributed by atoms with Gasteiger partial charge in [0.15, 0.2) is 12.6 Å². The third kappa shape index (κ3) is 5.24. The molecule has 0 radical (unpaired) electrons. The van der Waals surface area contributed by atoms with Crippen molar-refractivity contribution in [1.82, 2.24) is 0 Å². The monoisotopic (exact) mass is 499 g/mol. The molecule has 3 fully saturated rings. The summed E-state index contributed by atoms with van der Waals surface area (Å²) in [5, 5.41) is 60.9. The second kappa shape index (κ2) is 11.2. The van der Waals surface area contributed by atoms with Crippen LogP contribution in [0.2, 0.25) is 0 Å². The molecule has 15 nitrogen and oxygen atoms in total. The molecule has 0 spiro atoms. The zero-order valence-corrected chi connectivity index (χ0v) is 19.0. The zero-order valence-electron chi connectivity index (χ0n) is 19.0. The molecule has 0 saturated carbocycles. The summed E-state index contributed by atoms with van der Waals surface area (Å²) < 4.78 is 32.7. The molecular weight excluding hydrogens is 462 g/mol. The van der Waals surface area contributed by atoms with Crippen molar-refractivity contribution in [2.45, 2.75) is 86.3 Å². The van der Waals surface area contributed by atoms with Crippen LogP contribution in [0.15, 0.2) is 0 Å². The summed E-state index contributed by atoms with van der Waals surface area (Å²) in [6.07, 6.45) is -10.6. The molecule has 0 aromatic rings. The van der Waals surface area contributed by atoms with Gasteiger partial charge in [0.25, 0.3) is 5.97 Å². The Labute approximate surface area is 196 Å². The quantitative estimate of drug-likeness (QED) is 0.148. The lowest BCUT2D eigenvalue weighted by Gasteiger charge is -2.48. The van der Waals surface area contributed by atoms with Crippen LogP contribution in [0.3, 0.4) is 0 Å². The van der Waals surface area contributed by atoms with Gasteiger partial charge in [0.1, 0.15) is 36.6 Å². The van der Waals surface area contributed by atoms with Gasteiger partial charge in [0, 0.05) is 13.0 Å². The van der Waals surface area contributed by atoms with Crippen LogP contribution >= 0.6 is 0 Å². The normalized spacial score (nSPS) is 52.5. The molecule has 3 heterocycles. The van der Waals surface area contributed by atoms with E-state index in [4.69, 9.17) is 45.6 Å². The molecule has 3 aliphatic heterocycles. The molecule has 200 valence electrons. The summed E-state index contributed by atoms with van der Waals surface area (Å²) in [6, 6.07) is -3.59. The van der Waals surface area contributed by atoms with Crippen LogP contribution in [-0.4, -0.2) is 137 Å². The van der Waals surface area contributed by atoms with E-state index in [0.29, 0.717) is 0 Å². The van der Waals surface area contributed by atoms with Crippen molar-refractivity contribution in [2.75, 3.05) is 26.9 Å². The first-order valence-electron chi connectivity index (χ1n) is 11.0. The van der Waals surface area contributed by atoms with Crippen LogP contribution in [0.5, 0.6) is 0 Å². The van der Waals surface area contributed by atoms with Crippen LogP contribution in [0.1, 0.15) is 6.92 Å². The van der Waals surface area contributed by atoms with Gasteiger partial charge >= 0.3 is 0 Å². The van der Waals surface area contributed by atoms with Crippen molar-refractivity contribution in [3.63, 3.8) is 0 Å². The maximum Gasteiger partial charge on any atom is 0.299 e. The topological polar surface area (TPSA) is 255 Å². The lowest BCUT2D eigenvalue weighted by Crippen LogP contribution is -2.71. The average molecular weight is 500 g/mol. The summed E-state index contributed by atoms with van der Waals surface area (Å²) in [5.41, 5.74) is 17.9. The lowest BCUT2D eigenvalue weighted by molar-refractivity contribution is -0.425. The molecule has 34 heavy (non-hydrogen) atoms. The highest BCUT2D eigenvalue weighted by Gasteiger charge is 2.55. The summed E-state index contributed by atoms with van der Waals surface area (Å²) >= 11 is 0. The molecule has 3 aliphatic rings. The molecule has 12 N–H and O–H groups in total. The van der Waals surface area contributed by atoms with Crippen LogP contribution in [0.25, 0.3) is 0 Å². The van der Waals surface area contributed by atoms with Crippen molar-refractivity contribution in [3.8, 4) is 0 Å². The minimum Gasteiger partial charge on any atom is -0.394 e. The van der Waals surface area contributed by atoms with Gasteiger partial charge in [0.2, 0.25) is 0 Å². The number of hydrogen-bond acceptors (Lipinski definition) is 15. The van der Waals surface area contributed by atoms with E-state index >= 15 is 0 Å². The van der Waals surface area contributed by atoms with Crippen molar-refractivity contribution < 1.29 is 59.1 Å². The van der Waals surface area contributed by atoms with Gasteiger partial charge in [-0.1, -0.05) is 6.92 Å². The molecular formula is C19H37N3O12. The van der Waals surface area contributed by atoms with E-state index in [2.05, 4.69) is 0 Å². The van der Waals surface area contributed by atoms with E-state index in [-0.39, 0.29) is 13.2 Å². The van der Waals surface area contributed by atoms with Crippen LogP contribution in [-0.2, 0) is 28.4 Å². The molecule has 0 amide bonds. The first kappa shape index (κ1) is 28.0. The number of aliphatic hydroxyl groups is 6.